The fraction of sp³-hybridized carbons (Fsp3) is 0. The van der Waals surface area contributed by atoms with Crippen LogP contribution in [0.5, 0.6) is 0 Å². The van der Waals surface area contributed by atoms with Crippen LogP contribution in [-0.2, 0) is 21.6 Å². The van der Waals surface area contributed by atoms with Gasteiger partial charge < -0.3 is 20.8 Å². The van der Waals surface area contributed by atoms with Crippen LogP contribution < -0.4 is 11.0 Å². The van der Waals surface area contributed by atoms with Crippen LogP contribution in [0.15, 0.2) is 0 Å². The van der Waals surface area contributed by atoms with Crippen LogP contribution >= 0.6 is 7.82 Å². The van der Waals surface area contributed by atoms with Gasteiger partial charge in [-0.1, -0.05) is 0 Å². The summed E-state index contributed by atoms with van der Waals surface area (Å²) in [5.41, 5.74) is 0. The molecular formula is H6FeNO4P. The average molecular weight is 171 g/mol. The molecule has 0 spiro atoms. The van der Waals surface area contributed by atoms with Crippen molar-refractivity contribution in [2.24, 2.45) is 0 Å². The second-order valence-corrected chi connectivity index (χ2v) is 1.47. The molecule has 0 bridgehead atoms. The maximum Gasteiger partial charge on any atom is 0.262 e. The molecule has 0 aromatic heterocycles. The molecule has 0 atom stereocenters. The van der Waals surface area contributed by atoms with Gasteiger partial charge in [-0.25, -0.2) is 0 Å². The SMILES string of the molecule is O=P([O-])(O)O.[Fe].[NH4+]. The molecule has 7 heavy (non-hydrogen) atoms. The van der Waals surface area contributed by atoms with Gasteiger partial charge in [-0.15, -0.1) is 0 Å². The molecule has 7 heteroatoms. The Bertz CT molecular complexity index is 57.8. The van der Waals surface area contributed by atoms with Crippen molar-refractivity contribution < 1.29 is 36.3 Å². The molecule has 0 saturated heterocycles. The van der Waals surface area contributed by atoms with E-state index in [9.17, 15) is 0 Å². The number of phosphoric acid groups is 1. The van der Waals surface area contributed by atoms with E-state index in [0.29, 0.717) is 0 Å². The monoisotopic (exact) mass is 171 g/mol. The molecule has 0 rings (SSSR count). The van der Waals surface area contributed by atoms with Crippen molar-refractivity contribution in [1.29, 1.82) is 0 Å². The summed E-state index contributed by atoms with van der Waals surface area (Å²) < 4.78 is 8.77. The van der Waals surface area contributed by atoms with Crippen LogP contribution in [0.2, 0.25) is 0 Å². The van der Waals surface area contributed by atoms with Crippen LogP contribution in [0.1, 0.15) is 0 Å². The molecule has 0 aliphatic heterocycles. The fourth-order valence-corrected chi connectivity index (χ4v) is 0. The third kappa shape index (κ3) is 399. The summed E-state index contributed by atoms with van der Waals surface area (Å²) in [4.78, 5) is 22.9. The van der Waals surface area contributed by atoms with Crippen LogP contribution in [0.25, 0.3) is 0 Å². The van der Waals surface area contributed by atoms with Gasteiger partial charge in [0.2, 0.25) is 0 Å². The second kappa shape index (κ2) is 4.74. The molecule has 6 N–H and O–H groups in total. The number of rotatable bonds is 0. The van der Waals surface area contributed by atoms with Crippen LogP contribution in [-0.4, -0.2) is 9.79 Å². The van der Waals surface area contributed by atoms with Crippen LogP contribution in [0, 0.1) is 0 Å². The summed E-state index contributed by atoms with van der Waals surface area (Å²) >= 11 is 0. The molecule has 0 aromatic rings. The van der Waals surface area contributed by atoms with Crippen molar-refractivity contribution >= 4 is 7.82 Å². The van der Waals surface area contributed by atoms with Gasteiger partial charge in [-0.05, 0) is 0 Å². The Balaban J connectivity index is -0.0000000800. The zero-order valence-electron chi connectivity index (χ0n) is 3.51. The minimum atomic E-state index is -4.89. The van der Waals surface area contributed by atoms with Gasteiger partial charge in [0.15, 0.2) is 0 Å². The molecule has 0 aliphatic carbocycles. The van der Waals surface area contributed by atoms with Gasteiger partial charge in [0.25, 0.3) is 7.82 Å². The van der Waals surface area contributed by atoms with Gasteiger partial charge in [-0.3, -0.25) is 4.57 Å². The van der Waals surface area contributed by atoms with Crippen molar-refractivity contribution in [1.82, 2.24) is 6.15 Å². The minimum Gasteiger partial charge on any atom is -0.756 e. The third-order valence-electron chi connectivity index (χ3n) is 0. The van der Waals surface area contributed by atoms with E-state index in [4.69, 9.17) is 19.2 Å². The Morgan fingerprint density at radius 1 is 1.43 bits per heavy atom. The Hall–Kier alpha value is 0.589. The first-order valence-electron chi connectivity index (χ1n) is 0.765. The summed E-state index contributed by atoms with van der Waals surface area (Å²) in [7, 11) is -4.89. The zero-order chi connectivity index (χ0) is 4.50. The fourth-order valence-electron chi connectivity index (χ4n) is 0. The molecule has 5 nitrogen and oxygen atoms in total. The second-order valence-electron chi connectivity index (χ2n) is 0.491. The topological polar surface area (TPSA) is 117 Å². The molecule has 48 valence electrons. The van der Waals surface area contributed by atoms with E-state index in [1.807, 2.05) is 0 Å². The molecule has 0 heterocycles. The van der Waals surface area contributed by atoms with Crippen molar-refractivity contribution in [3.63, 3.8) is 0 Å². The Kier molecular flexibility index (Phi) is 10.6. The standard InChI is InChI=1S/Fe.H3N.H3O4P/c;;1-5(2,3)4/h;1H3;(H3,1,2,3,4). The molecule has 0 unspecified atom stereocenters. The van der Waals surface area contributed by atoms with Crippen molar-refractivity contribution in [2.75, 3.05) is 0 Å². The minimum absolute atomic E-state index is 0. The number of quaternary nitrogens is 1. The van der Waals surface area contributed by atoms with Gasteiger partial charge in [0.1, 0.15) is 0 Å². The average Bonchev–Trinajstić information content (AvgIpc) is 0.722. The summed E-state index contributed by atoms with van der Waals surface area (Å²) in [5.74, 6) is 0. The van der Waals surface area contributed by atoms with Crippen LogP contribution in [0.3, 0.4) is 0 Å². The third-order valence-corrected chi connectivity index (χ3v) is 0. The zero-order valence-corrected chi connectivity index (χ0v) is 5.51. The van der Waals surface area contributed by atoms with E-state index >= 15 is 0 Å². The van der Waals surface area contributed by atoms with Gasteiger partial charge in [-0.2, -0.15) is 0 Å². The smallest absolute Gasteiger partial charge is 0.262 e. The van der Waals surface area contributed by atoms with E-state index in [2.05, 4.69) is 0 Å². The van der Waals surface area contributed by atoms with Crippen molar-refractivity contribution in [2.45, 2.75) is 0 Å². The normalized spacial score (nSPS) is 8.43. The van der Waals surface area contributed by atoms with E-state index in [1.54, 1.807) is 0 Å². The van der Waals surface area contributed by atoms with E-state index < -0.39 is 7.82 Å². The molecule has 0 aliphatic rings. The summed E-state index contributed by atoms with van der Waals surface area (Å²) in [6, 6.07) is 0. The number of hydrogen-bond acceptors (Lipinski definition) is 2. The molecule has 0 saturated carbocycles. The maximum atomic E-state index is 8.77. The van der Waals surface area contributed by atoms with E-state index in [0.717, 1.165) is 0 Å². The molecule has 0 aromatic carbocycles. The Morgan fingerprint density at radius 3 is 1.43 bits per heavy atom. The molecule has 0 fully saturated rings. The van der Waals surface area contributed by atoms with Gasteiger partial charge in [0, 0.05) is 17.1 Å². The first-order chi connectivity index (χ1) is 2.00. The Morgan fingerprint density at radius 2 is 1.43 bits per heavy atom. The first kappa shape index (κ1) is 15.6. The van der Waals surface area contributed by atoms with E-state index in [1.165, 1.54) is 0 Å². The van der Waals surface area contributed by atoms with Crippen molar-refractivity contribution in [3.05, 3.63) is 0 Å². The predicted octanol–water partition coefficient (Wildman–Crippen LogP) is -1.19. The summed E-state index contributed by atoms with van der Waals surface area (Å²) in [6.07, 6.45) is 0. The quantitative estimate of drug-likeness (QED) is 0.313. The molecule has 0 radical (unpaired) electrons. The largest absolute Gasteiger partial charge is 0.756 e. The maximum absolute atomic E-state index is 8.77. The molecular weight excluding hydrogens is 165 g/mol. The van der Waals surface area contributed by atoms with E-state index in [-0.39, 0.29) is 23.2 Å². The van der Waals surface area contributed by atoms with Gasteiger partial charge in [0.05, 0.1) is 0 Å². The van der Waals surface area contributed by atoms with Crippen molar-refractivity contribution in [3.8, 4) is 0 Å². The number of hydrogen-bond donors (Lipinski definition) is 3. The predicted molar refractivity (Wildman–Crippen MR) is 18.0 cm³/mol. The van der Waals surface area contributed by atoms with Gasteiger partial charge >= 0.3 is 0 Å². The first-order valence-corrected chi connectivity index (χ1v) is 2.30. The molecule has 0 amide bonds. The van der Waals surface area contributed by atoms with Crippen LogP contribution in [0.4, 0.5) is 0 Å². The summed E-state index contributed by atoms with van der Waals surface area (Å²) in [5, 5.41) is 0. The summed E-state index contributed by atoms with van der Waals surface area (Å²) in [6.45, 7) is 0. The Labute approximate surface area is 51.0 Å².